The maximum Gasteiger partial charge on any atom is 0.311 e. The van der Waals surface area contributed by atoms with Crippen molar-refractivity contribution in [1.29, 1.82) is 0 Å². The fourth-order valence-electron chi connectivity index (χ4n) is 2.05. The van der Waals surface area contributed by atoms with Crippen molar-refractivity contribution in [2.75, 3.05) is 13.1 Å². The van der Waals surface area contributed by atoms with E-state index in [1.165, 1.54) is 0 Å². The summed E-state index contributed by atoms with van der Waals surface area (Å²) in [6.45, 7) is 1.28. The molecule has 0 spiro atoms. The van der Waals surface area contributed by atoms with Gasteiger partial charge in [-0.25, -0.2) is 4.98 Å². The molecule has 1 unspecified atom stereocenters. The lowest BCUT2D eigenvalue weighted by Crippen LogP contribution is -2.35. The van der Waals surface area contributed by atoms with Crippen LogP contribution in [0.25, 0.3) is 0 Å². The summed E-state index contributed by atoms with van der Waals surface area (Å²) in [6.07, 6.45) is 2.80. The van der Waals surface area contributed by atoms with Gasteiger partial charge in [-0.15, -0.1) is 0 Å². The number of aromatic nitrogens is 1. The van der Waals surface area contributed by atoms with Gasteiger partial charge in [0.05, 0.1) is 5.41 Å². The fraction of sp³-hybridized carbons (Fsp3) is 0.455. The van der Waals surface area contributed by atoms with Gasteiger partial charge in [0.1, 0.15) is 5.15 Å². The zero-order valence-corrected chi connectivity index (χ0v) is 9.50. The SMILES string of the molecule is O=C(O)C1(Cc2ccc(Cl)nc2)CCNC1. The minimum Gasteiger partial charge on any atom is -0.481 e. The number of hydrogen-bond donors (Lipinski definition) is 2. The zero-order chi connectivity index (χ0) is 11.6. The molecule has 0 radical (unpaired) electrons. The van der Waals surface area contributed by atoms with Crippen LogP contribution in [0.1, 0.15) is 12.0 Å². The summed E-state index contributed by atoms with van der Waals surface area (Å²) in [6, 6.07) is 3.52. The quantitative estimate of drug-likeness (QED) is 0.783. The average Bonchev–Trinajstić information content (AvgIpc) is 2.71. The summed E-state index contributed by atoms with van der Waals surface area (Å²) in [5.74, 6) is -0.743. The Kier molecular flexibility index (Phi) is 3.12. The first-order valence-corrected chi connectivity index (χ1v) is 5.55. The van der Waals surface area contributed by atoms with Crippen LogP contribution in [0.3, 0.4) is 0 Å². The van der Waals surface area contributed by atoms with Crippen LogP contribution in [-0.4, -0.2) is 29.1 Å². The van der Waals surface area contributed by atoms with Crippen LogP contribution in [0, 0.1) is 5.41 Å². The van der Waals surface area contributed by atoms with Crippen molar-refractivity contribution in [3.63, 3.8) is 0 Å². The van der Waals surface area contributed by atoms with E-state index in [1.54, 1.807) is 12.3 Å². The molecular weight excluding hydrogens is 228 g/mol. The second kappa shape index (κ2) is 4.39. The molecule has 1 aliphatic heterocycles. The van der Waals surface area contributed by atoms with Crippen LogP contribution in [0.5, 0.6) is 0 Å². The summed E-state index contributed by atoms with van der Waals surface area (Å²) in [7, 11) is 0. The van der Waals surface area contributed by atoms with E-state index >= 15 is 0 Å². The van der Waals surface area contributed by atoms with Crippen molar-refractivity contribution in [2.24, 2.45) is 5.41 Å². The van der Waals surface area contributed by atoms with Crippen LogP contribution in [0.4, 0.5) is 0 Å². The molecule has 4 nitrogen and oxygen atoms in total. The summed E-state index contributed by atoms with van der Waals surface area (Å²) >= 11 is 5.69. The van der Waals surface area contributed by atoms with Gasteiger partial charge in [0.25, 0.3) is 0 Å². The van der Waals surface area contributed by atoms with Gasteiger partial charge in [-0.2, -0.15) is 0 Å². The normalized spacial score (nSPS) is 24.6. The third-order valence-electron chi connectivity index (χ3n) is 3.03. The summed E-state index contributed by atoms with van der Waals surface area (Å²) in [4.78, 5) is 15.3. The number of carbonyl (C=O) groups is 1. The van der Waals surface area contributed by atoms with Crippen LogP contribution in [0.15, 0.2) is 18.3 Å². The fourth-order valence-corrected chi connectivity index (χ4v) is 2.17. The molecule has 0 aromatic carbocycles. The lowest BCUT2D eigenvalue weighted by atomic mass is 9.81. The third-order valence-corrected chi connectivity index (χ3v) is 3.25. The van der Waals surface area contributed by atoms with Crippen molar-refractivity contribution >= 4 is 17.6 Å². The van der Waals surface area contributed by atoms with Gasteiger partial charge in [0, 0.05) is 12.7 Å². The summed E-state index contributed by atoms with van der Waals surface area (Å²) in [5.41, 5.74) is 0.227. The van der Waals surface area contributed by atoms with Gasteiger partial charge in [0.2, 0.25) is 0 Å². The molecule has 1 aromatic rings. The van der Waals surface area contributed by atoms with E-state index in [0.717, 1.165) is 12.1 Å². The van der Waals surface area contributed by atoms with Crippen molar-refractivity contribution in [1.82, 2.24) is 10.3 Å². The summed E-state index contributed by atoms with van der Waals surface area (Å²) < 4.78 is 0. The lowest BCUT2D eigenvalue weighted by molar-refractivity contribution is -0.147. The van der Waals surface area contributed by atoms with Crippen LogP contribution in [-0.2, 0) is 11.2 Å². The Morgan fingerprint density at radius 3 is 2.94 bits per heavy atom. The number of nitrogens with zero attached hydrogens (tertiary/aromatic N) is 1. The predicted octanol–water partition coefficient (Wildman–Crippen LogP) is 1.34. The molecule has 0 saturated carbocycles. The first kappa shape index (κ1) is 11.4. The Morgan fingerprint density at radius 2 is 2.44 bits per heavy atom. The molecule has 1 atom stereocenters. The molecule has 0 amide bonds. The Hall–Kier alpha value is -1.13. The highest BCUT2D eigenvalue weighted by Gasteiger charge is 2.41. The van der Waals surface area contributed by atoms with E-state index in [1.807, 2.05) is 6.07 Å². The number of aliphatic carboxylic acids is 1. The van der Waals surface area contributed by atoms with Gasteiger partial charge in [0.15, 0.2) is 0 Å². The highest BCUT2D eigenvalue weighted by atomic mass is 35.5. The number of pyridine rings is 1. The van der Waals surface area contributed by atoms with E-state index in [4.69, 9.17) is 11.6 Å². The molecule has 2 heterocycles. The maximum absolute atomic E-state index is 11.3. The zero-order valence-electron chi connectivity index (χ0n) is 8.74. The molecule has 1 fully saturated rings. The van der Waals surface area contributed by atoms with Gasteiger partial charge >= 0.3 is 5.97 Å². The second-order valence-electron chi connectivity index (χ2n) is 4.18. The Balaban J connectivity index is 2.18. The molecule has 1 saturated heterocycles. The molecule has 2 rings (SSSR count). The molecule has 1 aliphatic rings. The standard InChI is InChI=1S/C11H13ClN2O2/c12-9-2-1-8(6-14-9)5-11(10(15)16)3-4-13-7-11/h1-2,6,13H,3-5,7H2,(H,15,16). The van der Waals surface area contributed by atoms with Crippen molar-refractivity contribution in [3.8, 4) is 0 Å². The van der Waals surface area contributed by atoms with Crippen molar-refractivity contribution < 1.29 is 9.90 Å². The van der Waals surface area contributed by atoms with E-state index < -0.39 is 11.4 Å². The number of rotatable bonds is 3. The van der Waals surface area contributed by atoms with Crippen LogP contribution >= 0.6 is 11.6 Å². The monoisotopic (exact) mass is 240 g/mol. The highest BCUT2D eigenvalue weighted by Crippen LogP contribution is 2.30. The van der Waals surface area contributed by atoms with E-state index in [9.17, 15) is 9.90 Å². The Bertz CT molecular complexity index is 385. The third kappa shape index (κ3) is 2.18. The van der Waals surface area contributed by atoms with Crippen molar-refractivity contribution in [3.05, 3.63) is 29.0 Å². The molecule has 1 aromatic heterocycles. The Labute approximate surface area is 98.6 Å². The first-order chi connectivity index (χ1) is 7.62. The lowest BCUT2D eigenvalue weighted by Gasteiger charge is -2.22. The maximum atomic E-state index is 11.3. The Morgan fingerprint density at radius 1 is 1.62 bits per heavy atom. The molecular formula is C11H13ClN2O2. The molecule has 5 heteroatoms. The van der Waals surface area contributed by atoms with Gasteiger partial charge in [-0.1, -0.05) is 17.7 Å². The van der Waals surface area contributed by atoms with Crippen molar-refractivity contribution in [2.45, 2.75) is 12.8 Å². The molecule has 2 N–H and O–H groups in total. The average molecular weight is 241 g/mol. The topological polar surface area (TPSA) is 62.2 Å². The number of halogens is 1. The molecule has 86 valence electrons. The number of hydrogen-bond acceptors (Lipinski definition) is 3. The molecule has 16 heavy (non-hydrogen) atoms. The predicted molar refractivity (Wildman–Crippen MR) is 60.5 cm³/mol. The minimum atomic E-state index is -0.743. The second-order valence-corrected chi connectivity index (χ2v) is 4.57. The number of nitrogens with one attached hydrogen (secondary N) is 1. The first-order valence-electron chi connectivity index (χ1n) is 5.17. The highest BCUT2D eigenvalue weighted by molar-refractivity contribution is 6.29. The molecule has 0 aliphatic carbocycles. The summed E-state index contributed by atoms with van der Waals surface area (Å²) in [5, 5.41) is 12.8. The van der Waals surface area contributed by atoms with Gasteiger partial charge in [-0.05, 0) is 31.0 Å². The molecule has 0 bridgehead atoms. The van der Waals surface area contributed by atoms with E-state index in [-0.39, 0.29) is 0 Å². The van der Waals surface area contributed by atoms with Crippen LogP contribution in [0.2, 0.25) is 5.15 Å². The van der Waals surface area contributed by atoms with E-state index in [2.05, 4.69) is 10.3 Å². The van der Waals surface area contributed by atoms with E-state index in [0.29, 0.717) is 24.5 Å². The van der Waals surface area contributed by atoms with Gasteiger partial charge in [-0.3, -0.25) is 4.79 Å². The number of carboxylic acid groups (broad SMARTS) is 1. The smallest absolute Gasteiger partial charge is 0.311 e. The minimum absolute atomic E-state index is 0.428. The van der Waals surface area contributed by atoms with Gasteiger partial charge < -0.3 is 10.4 Å². The number of carboxylic acids is 1. The van der Waals surface area contributed by atoms with Crippen LogP contribution < -0.4 is 5.32 Å². The largest absolute Gasteiger partial charge is 0.481 e.